The quantitative estimate of drug-likeness (QED) is 0.237. The largest absolute Gasteiger partial charge is 0.481 e. The number of pyridine rings is 1. The molecule has 11 heteroatoms. The Morgan fingerprint density at radius 1 is 1.02 bits per heavy atom. The number of nitrogens with one attached hydrogen (secondary N) is 1. The molecule has 1 unspecified atom stereocenters. The van der Waals surface area contributed by atoms with Crippen LogP contribution < -0.4 is 10.9 Å². The van der Waals surface area contributed by atoms with Gasteiger partial charge in [-0.1, -0.05) is 32.0 Å². The van der Waals surface area contributed by atoms with Crippen molar-refractivity contribution >= 4 is 11.9 Å². The van der Waals surface area contributed by atoms with Crippen LogP contribution in [0.15, 0.2) is 47.4 Å². The van der Waals surface area contributed by atoms with Gasteiger partial charge in [0.05, 0.1) is 18.0 Å². The third-order valence-electron chi connectivity index (χ3n) is 7.41. The topological polar surface area (TPSA) is 91.6 Å². The van der Waals surface area contributed by atoms with E-state index in [2.05, 4.69) is 5.32 Å². The van der Waals surface area contributed by atoms with Crippen molar-refractivity contribution in [3.05, 3.63) is 92.1 Å². The van der Waals surface area contributed by atoms with Crippen LogP contribution in [0, 0.1) is 32.5 Å². The highest BCUT2D eigenvalue weighted by atomic mass is 19.4. The van der Waals surface area contributed by atoms with E-state index in [0.29, 0.717) is 11.6 Å². The average Bonchev–Trinajstić information content (AvgIpc) is 2.88. The van der Waals surface area contributed by atoms with Gasteiger partial charge in [0.2, 0.25) is 5.91 Å². The predicted octanol–water partition coefficient (Wildman–Crippen LogP) is 6.58. The lowest BCUT2D eigenvalue weighted by Crippen LogP contribution is -2.41. The van der Waals surface area contributed by atoms with Crippen molar-refractivity contribution in [2.75, 3.05) is 14.1 Å². The van der Waals surface area contributed by atoms with Crippen LogP contribution in [0.1, 0.15) is 72.2 Å². The van der Waals surface area contributed by atoms with Crippen LogP contribution >= 0.6 is 0 Å². The Morgan fingerprint density at radius 2 is 1.64 bits per heavy atom. The SMILES string of the molecule is Cc1cc(-c2c(C)cccc2C)cc([C@H](CC(=O)O)NC(=O)C(CC(C)C)n2cc(CN(C)C)c(C(F)(F)F)cc2=O)c1F. The minimum atomic E-state index is -4.79. The molecule has 0 aliphatic carbocycles. The number of alkyl halides is 3. The van der Waals surface area contributed by atoms with Crippen molar-refractivity contribution in [2.24, 2.45) is 5.92 Å². The molecule has 0 saturated carbocycles. The Kier molecular flexibility index (Phi) is 10.8. The summed E-state index contributed by atoms with van der Waals surface area (Å²) in [6, 6.07) is 6.73. The average molecular weight is 618 g/mol. The first-order valence-electron chi connectivity index (χ1n) is 14.3. The number of aryl methyl sites for hydroxylation is 3. The van der Waals surface area contributed by atoms with Gasteiger partial charge in [-0.3, -0.25) is 14.4 Å². The Balaban J connectivity index is 2.15. The molecule has 7 nitrogen and oxygen atoms in total. The number of hydrogen-bond donors (Lipinski definition) is 2. The van der Waals surface area contributed by atoms with Crippen molar-refractivity contribution in [1.29, 1.82) is 0 Å². The number of carbonyl (C=O) groups is 2. The van der Waals surface area contributed by atoms with Crippen molar-refractivity contribution < 1.29 is 32.3 Å². The number of aliphatic carboxylic acids is 1. The van der Waals surface area contributed by atoms with E-state index >= 15 is 4.39 Å². The Bertz CT molecular complexity index is 1570. The van der Waals surface area contributed by atoms with Gasteiger partial charge in [-0.05, 0) is 92.7 Å². The molecule has 0 fully saturated rings. The Morgan fingerprint density at radius 3 is 2.16 bits per heavy atom. The van der Waals surface area contributed by atoms with E-state index in [-0.39, 0.29) is 35.6 Å². The first-order chi connectivity index (χ1) is 20.4. The first-order valence-corrected chi connectivity index (χ1v) is 14.3. The molecule has 0 aliphatic rings. The molecule has 2 aromatic carbocycles. The first kappa shape index (κ1) is 34.5. The van der Waals surface area contributed by atoms with Gasteiger partial charge < -0.3 is 19.9 Å². The molecule has 238 valence electrons. The summed E-state index contributed by atoms with van der Waals surface area (Å²) < 4.78 is 58.0. The number of carbonyl (C=O) groups excluding carboxylic acids is 1. The molecule has 0 bridgehead atoms. The van der Waals surface area contributed by atoms with Crippen LogP contribution in [0.2, 0.25) is 0 Å². The summed E-state index contributed by atoms with van der Waals surface area (Å²) in [7, 11) is 3.15. The Hall–Kier alpha value is -3.99. The second kappa shape index (κ2) is 13.8. The van der Waals surface area contributed by atoms with E-state index in [0.717, 1.165) is 27.5 Å². The molecular weight excluding hydrogens is 578 g/mol. The van der Waals surface area contributed by atoms with Crippen LogP contribution in [0.25, 0.3) is 11.1 Å². The van der Waals surface area contributed by atoms with E-state index in [1.165, 1.54) is 11.0 Å². The van der Waals surface area contributed by atoms with Crippen molar-refractivity contribution in [2.45, 2.75) is 72.3 Å². The highest BCUT2D eigenvalue weighted by Crippen LogP contribution is 2.35. The molecule has 2 atom stereocenters. The van der Waals surface area contributed by atoms with Crippen LogP contribution in [0.4, 0.5) is 17.6 Å². The molecule has 1 amide bonds. The lowest BCUT2D eigenvalue weighted by Gasteiger charge is -2.27. The van der Waals surface area contributed by atoms with Gasteiger partial charge in [0, 0.05) is 24.4 Å². The van der Waals surface area contributed by atoms with Gasteiger partial charge in [0.15, 0.2) is 0 Å². The third-order valence-corrected chi connectivity index (χ3v) is 7.41. The van der Waals surface area contributed by atoms with Crippen LogP contribution in [-0.4, -0.2) is 40.5 Å². The number of hydrogen-bond acceptors (Lipinski definition) is 4. The predicted molar refractivity (Wildman–Crippen MR) is 161 cm³/mol. The molecule has 0 radical (unpaired) electrons. The maximum Gasteiger partial charge on any atom is 0.416 e. The Labute approximate surface area is 254 Å². The summed E-state index contributed by atoms with van der Waals surface area (Å²) in [5, 5.41) is 12.3. The number of aromatic nitrogens is 1. The smallest absolute Gasteiger partial charge is 0.416 e. The summed E-state index contributed by atoms with van der Waals surface area (Å²) in [6.45, 7) is 8.76. The third kappa shape index (κ3) is 8.13. The molecule has 3 rings (SSSR count). The zero-order valence-electron chi connectivity index (χ0n) is 26.0. The van der Waals surface area contributed by atoms with Crippen molar-refractivity contribution in [3.8, 4) is 11.1 Å². The molecule has 3 aromatic rings. The molecule has 0 aliphatic heterocycles. The molecule has 1 heterocycles. The number of benzene rings is 2. The van der Waals surface area contributed by atoms with E-state index in [4.69, 9.17) is 0 Å². The number of carboxylic acids is 1. The monoisotopic (exact) mass is 617 g/mol. The fraction of sp³-hybridized carbons (Fsp3) is 0.424. The fourth-order valence-corrected chi connectivity index (χ4v) is 5.51. The summed E-state index contributed by atoms with van der Waals surface area (Å²) in [6.07, 6.45) is -4.36. The minimum absolute atomic E-state index is 0.0465. The number of rotatable bonds is 11. The molecule has 2 N–H and O–H groups in total. The zero-order valence-corrected chi connectivity index (χ0v) is 26.0. The van der Waals surface area contributed by atoms with Crippen molar-refractivity contribution in [3.63, 3.8) is 0 Å². The molecule has 0 spiro atoms. The number of carboxylic acid groups (broad SMARTS) is 1. The summed E-state index contributed by atoms with van der Waals surface area (Å²) in [5.41, 5.74) is 1.21. The van der Waals surface area contributed by atoms with Gasteiger partial charge in [-0.25, -0.2) is 4.39 Å². The van der Waals surface area contributed by atoms with Gasteiger partial charge in [-0.2, -0.15) is 13.2 Å². The summed E-state index contributed by atoms with van der Waals surface area (Å²) >= 11 is 0. The standard InChI is InChI=1S/C33H39F4N3O4/c1-18(2)11-27(40-17-23(16-39(6)7)25(14-28(40)41)33(35,36)37)32(44)38-26(15-29(42)43)24-13-22(12-21(5)31(24)34)30-19(3)9-8-10-20(30)4/h8-10,12-14,17-18,26-27H,11,15-16H2,1-7H3,(H,38,44)(H,42,43)/t26-,27?/m0/s1. The van der Waals surface area contributed by atoms with Crippen molar-refractivity contribution in [1.82, 2.24) is 14.8 Å². The van der Waals surface area contributed by atoms with Gasteiger partial charge in [-0.15, -0.1) is 0 Å². The van der Waals surface area contributed by atoms with E-state index in [9.17, 15) is 32.7 Å². The lowest BCUT2D eigenvalue weighted by atomic mass is 9.90. The number of nitrogens with zero attached hydrogens (tertiary/aromatic N) is 2. The maximum atomic E-state index is 15.7. The normalized spacial score (nSPS) is 13.3. The second-order valence-electron chi connectivity index (χ2n) is 12.0. The zero-order chi connectivity index (χ0) is 33.1. The van der Waals surface area contributed by atoms with Gasteiger partial charge in [0.25, 0.3) is 5.56 Å². The van der Waals surface area contributed by atoms with Gasteiger partial charge in [0.1, 0.15) is 11.9 Å². The van der Waals surface area contributed by atoms with Crippen LogP contribution in [0.3, 0.4) is 0 Å². The van der Waals surface area contributed by atoms with Gasteiger partial charge >= 0.3 is 12.1 Å². The van der Waals surface area contributed by atoms with Crippen LogP contribution in [-0.2, 0) is 22.3 Å². The molecular formula is C33H39F4N3O4. The van der Waals surface area contributed by atoms with Crippen LogP contribution in [0.5, 0.6) is 0 Å². The minimum Gasteiger partial charge on any atom is -0.481 e. The fourth-order valence-electron chi connectivity index (χ4n) is 5.51. The molecule has 44 heavy (non-hydrogen) atoms. The highest BCUT2D eigenvalue weighted by molar-refractivity contribution is 5.82. The second-order valence-corrected chi connectivity index (χ2v) is 12.0. The summed E-state index contributed by atoms with van der Waals surface area (Å²) in [4.78, 5) is 40.4. The molecule has 1 aromatic heterocycles. The lowest BCUT2D eigenvalue weighted by molar-refractivity contribution is -0.139. The summed E-state index contributed by atoms with van der Waals surface area (Å²) in [5.74, 6) is -2.98. The van der Waals surface area contributed by atoms with E-state index in [1.807, 2.05) is 32.0 Å². The molecule has 0 saturated heterocycles. The number of halogens is 4. The van der Waals surface area contributed by atoms with E-state index < -0.39 is 53.5 Å². The highest BCUT2D eigenvalue weighted by Gasteiger charge is 2.36. The maximum absolute atomic E-state index is 15.7. The number of amides is 1. The van der Waals surface area contributed by atoms with E-state index in [1.54, 1.807) is 40.9 Å².